The number of hydrogen-bond donors (Lipinski definition) is 1. The van der Waals surface area contributed by atoms with Gasteiger partial charge in [0.25, 0.3) is 0 Å². The van der Waals surface area contributed by atoms with Gasteiger partial charge in [0, 0.05) is 11.1 Å². The van der Waals surface area contributed by atoms with Crippen molar-refractivity contribution < 1.29 is 0 Å². The van der Waals surface area contributed by atoms with Crippen LogP contribution in [0.3, 0.4) is 0 Å². The molecule has 0 spiro atoms. The average Bonchev–Trinajstić information content (AvgIpc) is 2.23. The van der Waals surface area contributed by atoms with Gasteiger partial charge in [0.1, 0.15) is 0 Å². The fourth-order valence-electron chi connectivity index (χ4n) is 1.52. The Labute approximate surface area is 94.1 Å². The van der Waals surface area contributed by atoms with Gasteiger partial charge in [0.15, 0.2) is 0 Å². The molecule has 0 bridgehead atoms. The molecule has 2 nitrogen and oxygen atoms in total. The van der Waals surface area contributed by atoms with Gasteiger partial charge in [0.05, 0.1) is 16.2 Å². The fraction of sp³-hybridized carbons (Fsp3) is 0.250. The molecule has 78 valence electrons. The van der Waals surface area contributed by atoms with E-state index in [0.717, 1.165) is 16.6 Å². The number of nitrogen functional groups attached to an aromatic ring is 1. The Morgan fingerprint density at radius 3 is 2.53 bits per heavy atom. The molecule has 0 atom stereocenters. The van der Waals surface area contributed by atoms with Crippen molar-refractivity contribution in [3.63, 3.8) is 0 Å². The predicted octanol–water partition coefficient (Wildman–Crippen LogP) is 3.59. The third kappa shape index (κ3) is 1.77. The summed E-state index contributed by atoms with van der Waals surface area (Å²) >= 11 is 5.95. The van der Waals surface area contributed by atoms with Crippen molar-refractivity contribution >= 4 is 28.2 Å². The number of hydrogen-bond acceptors (Lipinski definition) is 2. The molecule has 2 rings (SSSR count). The lowest BCUT2D eigenvalue weighted by Crippen LogP contribution is -1.96. The number of nitrogens with zero attached hydrogens (tertiary/aromatic N) is 1. The Balaban J connectivity index is 2.73. The topological polar surface area (TPSA) is 38.9 Å². The number of halogens is 1. The quantitative estimate of drug-likeness (QED) is 0.746. The lowest BCUT2D eigenvalue weighted by molar-refractivity contribution is 0.830. The second kappa shape index (κ2) is 3.70. The number of anilines is 1. The molecule has 2 N–H and O–H groups in total. The smallest absolute Gasteiger partial charge is 0.0949 e. The average molecular weight is 221 g/mol. The van der Waals surface area contributed by atoms with Crippen molar-refractivity contribution in [2.45, 2.75) is 19.8 Å². The van der Waals surface area contributed by atoms with Crippen molar-refractivity contribution in [3.05, 3.63) is 35.0 Å². The van der Waals surface area contributed by atoms with E-state index in [4.69, 9.17) is 17.3 Å². The van der Waals surface area contributed by atoms with Crippen LogP contribution in [0.1, 0.15) is 25.5 Å². The molecule has 3 heteroatoms. The first-order valence-corrected chi connectivity index (χ1v) is 5.32. The molecule has 0 aliphatic carbocycles. The fourth-order valence-corrected chi connectivity index (χ4v) is 1.68. The highest BCUT2D eigenvalue weighted by atomic mass is 35.5. The van der Waals surface area contributed by atoms with Crippen molar-refractivity contribution in [2.24, 2.45) is 0 Å². The van der Waals surface area contributed by atoms with Crippen LogP contribution in [0.4, 0.5) is 5.69 Å². The Bertz CT molecular complexity index is 506. The molecule has 15 heavy (non-hydrogen) atoms. The molecule has 0 saturated carbocycles. The van der Waals surface area contributed by atoms with E-state index in [1.54, 1.807) is 6.07 Å². The number of benzene rings is 1. The standard InChI is InChI=1S/C12H13ClN2/c1-7(2)10-6-4-8-3-5-9(13)11(14)12(8)15-10/h3-7H,14H2,1-2H3. The summed E-state index contributed by atoms with van der Waals surface area (Å²) in [6, 6.07) is 7.80. The second-order valence-corrected chi connectivity index (χ2v) is 4.33. The van der Waals surface area contributed by atoms with Crippen LogP contribution in [0.2, 0.25) is 5.02 Å². The molecule has 0 aliphatic heterocycles. The van der Waals surface area contributed by atoms with Gasteiger partial charge in [-0.2, -0.15) is 0 Å². The maximum Gasteiger partial charge on any atom is 0.0949 e. The zero-order valence-corrected chi connectivity index (χ0v) is 9.55. The van der Waals surface area contributed by atoms with Crippen molar-refractivity contribution in [3.8, 4) is 0 Å². The highest BCUT2D eigenvalue weighted by Crippen LogP contribution is 2.28. The molecular formula is C12H13ClN2. The maximum absolute atomic E-state index is 5.95. The van der Waals surface area contributed by atoms with Crippen LogP contribution in [-0.2, 0) is 0 Å². The number of pyridine rings is 1. The summed E-state index contributed by atoms with van der Waals surface area (Å²) in [6.07, 6.45) is 0. The molecule has 0 saturated heterocycles. The Morgan fingerprint density at radius 2 is 1.87 bits per heavy atom. The van der Waals surface area contributed by atoms with Crippen LogP contribution < -0.4 is 5.73 Å². The maximum atomic E-state index is 5.95. The Morgan fingerprint density at radius 1 is 1.20 bits per heavy atom. The lowest BCUT2D eigenvalue weighted by Gasteiger charge is -2.08. The van der Waals surface area contributed by atoms with Gasteiger partial charge >= 0.3 is 0 Å². The van der Waals surface area contributed by atoms with E-state index in [2.05, 4.69) is 18.8 Å². The minimum absolute atomic E-state index is 0.396. The molecule has 0 unspecified atom stereocenters. The first kappa shape index (κ1) is 10.2. The van der Waals surface area contributed by atoms with Gasteiger partial charge in [-0.3, -0.25) is 4.98 Å². The van der Waals surface area contributed by atoms with Gasteiger partial charge in [0.2, 0.25) is 0 Å². The summed E-state index contributed by atoms with van der Waals surface area (Å²) in [4.78, 5) is 4.53. The number of fused-ring (bicyclic) bond motifs is 1. The van der Waals surface area contributed by atoms with E-state index in [1.165, 1.54) is 0 Å². The highest BCUT2D eigenvalue weighted by Gasteiger charge is 2.06. The molecule has 0 amide bonds. The van der Waals surface area contributed by atoms with Gasteiger partial charge in [-0.1, -0.05) is 37.6 Å². The molecule has 1 heterocycles. The summed E-state index contributed by atoms with van der Waals surface area (Å²) < 4.78 is 0. The molecule has 1 aromatic carbocycles. The van der Waals surface area contributed by atoms with E-state index < -0.39 is 0 Å². The molecular weight excluding hydrogens is 208 g/mol. The van der Waals surface area contributed by atoms with Gasteiger partial charge in [-0.15, -0.1) is 0 Å². The first-order valence-electron chi connectivity index (χ1n) is 4.94. The molecule has 0 radical (unpaired) electrons. The van der Waals surface area contributed by atoms with Gasteiger partial charge in [-0.25, -0.2) is 0 Å². The largest absolute Gasteiger partial charge is 0.396 e. The number of rotatable bonds is 1. The van der Waals surface area contributed by atoms with Crippen LogP contribution in [0.25, 0.3) is 10.9 Å². The Kier molecular flexibility index (Phi) is 2.53. The summed E-state index contributed by atoms with van der Waals surface area (Å²) in [5, 5.41) is 1.59. The number of nitrogens with two attached hydrogens (primary N) is 1. The van der Waals surface area contributed by atoms with E-state index in [9.17, 15) is 0 Å². The zero-order valence-electron chi connectivity index (χ0n) is 8.79. The second-order valence-electron chi connectivity index (χ2n) is 3.92. The van der Waals surface area contributed by atoms with Gasteiger partial charge in [-0.05, 0) is 18.1 Å². The van der Waals surface area contributed by atoms with Crippen molar-refractivity contribution in [1.82, 2.24) is 4.98 Å². The van der Waals surface area contributed by atoms with E-state index >= 15 is 0 Å². The minimum atomic E-state index is 0.396. The van der Waals surface area contributed by atoms with E-state index in [-0.39, 0.29) is 0 Å². The lowest BCUT2D eigenvalue weighted by atomic mass is 10.1. The van der Waals surface area contributed by atoms with Crippen molar-refractivity contribution in [1.29, 1.82) is 0 Å². The molecule has 0 aliphatic rings. The van der Waals surface area contributed by atoms with Crippen LogP contribution >= 0.6 is 11.6 Å². The minimum Gasteiger partial charge on any atom is -0.396 e. The predicted molar refractivity (Wildman–Crippen MR) is 65.3 cm³/mol. The van der Waals surface area contributed by atoms with Crippen LogP contribution in [-0.4, -0.2) is 4.98 Å². The highest BCUT2D eigenvalue weighted by molar-refractivity contribution is 6.34. The van der Waals surface area contributed by atoms with Crippen LogP contribution in [0, 0.1) is 0 Å². The third-order valence-electron chi connectivity index (χ3n) is 2.46. The van der Waals surface area contributed by atoms with Crippen LogP contribution in [0.5, 0.6) is 0 Å². The molecule has 2 aromatic rings. The first-order chi connectivity index (χ1) is 7.09. The zero-order chi connectivity index (χ0) is 11.0. The normalized spacial score (nSPS) is 11.2. The molecule has 0 fully saturated rings. The summed E-state index contributed by atoms with van der Waals surface area (Å²) in [6.45, 7) is 4.21. The van der Waals surface area contributed by atoms with E-state index in [0.29, 0.717) is 16.6 Å². The third-order valence-corrected chi connectivity index (χ3v) is 2.79. The van der Waals surface area contributed by atoms with Crippen LogP contribution in [0.15, 0.2) is 24.3 Å². The van der Waals surface area contributed by atoms with Crippen molar-refractivity contribution in [2.75, 3.05) is 5.73 Å². The van der Waals surface area contributed by atoms with Gasteiger partial charge < -0.3 is 5.73 Å². The summed E-state index contributed by atoms with van der Waals surface area (Å²) in [7, 11) is 0. The monoisotopic (exact) mass is 220 g/mol. The summed E-state index contributed by atoms with van der Waals surface area (Å²) in [5.41, 5.74) is 8.30. The number of aromatic nitrogens is 1. The Hall–Kier alpha value is -1.28. The SMILES string of the molecule is CC(C)c1ccc2ccc(Cl)c(N)c2n1. The summed E-state index contributed by atoms with van der Waals surface area (Å²) in [5.74, 6) is 0.396. The molecule has 1 aromatic heterocycles. The van der Waals surface area contributed by atoms with E-state index in [1.807, 2.05) is 18.2 Å².